The summed E-state index contributed by atoms with van der Waals surface area (Å²) in [5.41, 5.74) is 5.46. The first-order valence-corrected chi connectivity index (χ1v) is 9.33. The molecule has 0 saturated carbocycles. The van der Waals surface area contributed by atoms with E-state index in [1.807, 2.05) is 17.8 Å². The van der Waals surface area contributed by atoms with Crippen molar-refractivity contribution in [3.05, 3.63) is 77.9 Å². The quantitative estimate of drug-likeness (QED) is 0.435. The summed E-state index contributed by atoms with van der Waals surface area (Å²) in [6.45, 7) is 8.18. The molecule has 0 spiro atoms. The lowest BCUT2D eigenvalue weighted by atomic mass is 9.95. The van der Waals surface area contributed by atoms with E-state index in [-0.39, 0.29) is 0 Å². The normalized spacial score (nSPS) is 15.0. The molecule has 0 aromatic heterocycles. The second-order valence-electron chi connectivity index (χ2n) is 7.13. The summed E-state index contributed by atoms with van der Waals surface area (Å²) < 4.78 is 0.977. The number of benzene rings is 2. The molecule has 0 amide bonds. The SMILES string of the molecule is C=CC[N+](C)(C)CCC=C1c2ccccc2Sc2ccc(C)cc21. The third kappa shape index (κ3) is 3.66. The molecule has 2 aromatic carbocycles. The Morgan fingerprint density at radius 1 is 1.04 bits per heavy atom. The molecule has 0 radical (unpaired) electrons. The molecular weight excluding hydrogens is 310 g/mol. The first-order valence-electron chi connectivity index (χ1n) is 8.51. The average molecular weight is 337 g/mol. The van der Waals surface area contributed by atoms with Gasteiger partial charge in [-0.05, 0) is 41.8 Å². The molecule has 1 aliphatic heterocycles. The molecule has 1 heterocycles. The number of quaternary nitrogens is 1. The number of hydrogen-bond acceptors (Lipinski definition) is 1. The highest BCUT2D eigenvalue weighted by Crippen LogP contribution is 2.45. The highest BCUT2D eigenvalue weighted by Gasteiger charge is 2.21. The van der Waals surface area contributed by atoms with Crippen molar-refractivity contribution in [2.75, 3.05) is 27.2 Å². The monoisotopic (exact) mass is 336 g/mol. The van der Waals surface area contributed by atoms with E-state index in [0.717, 1.165) is 24.0 Å². The van der Waals surface area contributed by atoms with Crippen LogP contribution in [-0.2, 0) is 0 Å². The summed E-state index contributed by atoms with van der Waals surface area (Å²) >= 11 is 1.88. The zero-order chi connectivity index (χ0) is 17.2. The van der Waals surface area contributed by atoms with Crippen molar-refractivity contribution in [1.29, 1.82) is 0 Å². The van der Waals surface area contributed by atoms with E-state index in [4.69, 9.17) is 0 Å². The molecule has 2 aromatic rings. The second-order valence-corrected chi connectivity index (χ2v) is 8.22. The van der Waals surface area contributed by atoms with E-state index >= 15 is 0 Å². The molecule has 0 fully saturated rings. The Morgan fingerprint density at radius 2 is 1.79 bits per heavy atom. The second kappa shape index (κ2) is 7.00. The van der Waals surface area contributed by atoms with Crippen molar-refractivity contribution < 1.29 is 4.48 Å². The van der Waals surface area contributed by atoms with Crippen molar-refractivity contribution in [2.45, 2.75) is 23.1 Å². The van der Waals surface area contributed by atoms with Crippen molar-refractivity contribution in [2.24, 2.45) is 0 Å². The van der Waals surface area contributed by atoms with Gasteiger partial charge in [0.15, 0.2) is 0 Å². The highest BCUT2D eigenvalue weighted by molar-refractivity contribution is 7.99. The molecule has 1 nitrogen and oxygen atoms in total. The molecule has 3 rings (SSSR count). The lowest BCUT2D eigenvalue weighted by molar-refractivity contribution is -0.884. The summed E-state index contributed by atoms with van der Waals surface area (Å²) in [5.74, 6) is 0. The Labute approximate surface area is 150 Å². The number of nitrogens with zero attached hydrogens (tertiary/aromatic N) is 1. The van der Waals surface area contributed by atoms with E-state index in [2.05, 4.69) is 76.1 Å². The van der Waals surface area contributed by atoms with Crippen LogP contribution in [0.1, 0.15) is 23.1 Å². The third-order valence-electron chi connectivity index (χ3n) is 4.53. The van der Waals surface area contributed by atoms with Gasteiger partial charge in [-0.1, -0.05) is 60.3 Å². The molecule has 0 bridgehead atoms. The fourth-order valence-corrected chi connectivity index (χ4v) is 4.29. The molecule has 24 heavy (non-hydrogen) atoms. The minimum atomic E-state index is 0.977. The molecule has 124 valence electrons. The van der Waals surface area contributed by atoms with Crippen LogP contribution in [0, 0.1) is 6.92 Å². The molecule has 0 N–H and O–H groups in total. The predicted molar refractivity (Wildman–Crippen MR) is 105 cm³/mol. The molecule has 0 atom stereocenters. The van der Waals surface area contributed by atoms with Gasteiger partial charge in [-0.2, -0.15) is 0 Å². The Balaban J connectivity index is 1.96. The predicted octanol–water partition coefficient (Wildman–Crippen LogP) is 5.54. The Morgan fingerprint density at radius 3 is 2.58 bits per heavy atom. The van der Waals surface area contributed by atoms with Crippen molar-refractivity contribution in [1.82, 2.24) is 0 Å². The van der Waals surface area contributed by atoms with Crippen LogP contribution in [0.25, 0.3) is 5.57 Å². The maximum atomic E-state index is 3.88. The summed E-state index contributed by atoms with van der Waals surface area (Å²) in [6.07, 6.45) is 5.51. The van der Waals surface area contributed by atoms with Gasteiger partial charge in [-0.25, -0.2) is 0 Å². The lowest BCUT2D eigenvalue weighted by Crippen LogP contribution is -2.40. The van der Waals surface area contributed by atoms with Gasteiger partial charge in [0.2, 0.25) is 0 Å². The maximum Gasteiger partial charge on any atom is 0.0967 e. The largest absolute Gasteiger partial charge is 0.325 e. The van der Waals surface area contributed by atoms with Crippen LogP contribution >= 0.6 is 11.8 Å². The van der Waals surface area contributed by atoms with E-state index in [1.165, 1.54) is 32.1 Å². The standard InChI is InChI=1S/C22H26NS/c1-5-14-23(3,4)15-8-10-18-19-9-6-7-11-21(19)24-22-13-12-17(2)16-20(18)22/h5-7,9-13,16H,1,8,14-15H2,2-4H3/q+1. The number of aryl methyl sites for hydroxylation is 1. The first kappa shape index (κ1) is 17.1. The zero-order valence-corrected chi connectivity index (χ0v) is 15.7. The van der Waals surface area contributed by atoms with Crippen LogP contribution in [0.2, 0.25) is 0 Å². The van der Waals surface area contributed by atoms with Gasteiger partial charge in [-0.3, -0.25) is 0 Å². The van der Waals surface area contributed by atoms with Gasteiger partial charge >= 0.3 is 0 Å². The Kier molecular flexibility index (Phi) is 4.98. The van der Waals surface area contributed by atoms with Crippen molar-refractivity contribution in [3.8, 4) is 0 Å². The fraction of sp³-hybridized carbons (Fsp3) is 0.273. The van der Waals surface area contributed by atoms with E-state index in [0.29, 0.717) is 0 Å². The summed E-state index contributed by atoms with van der Waals surface area (Å²) in [6, 6.07) is 15.6. The molecule has 0 saturated heterocycles. The number of hydrogen-bond donors (Lipinski definition) is 0. The first-order chi connectivity index (χ1) is 11.5. The zero-order valence-electron chi connectivity index (χ0n) is 14.9. The van der Waals surface area contributed by atoms with Crippen LogP contribution in [0.5, 0.6) is 0 Å². The lowest BCUT2D eigenvalue weighted by Gasteiger charge is -2.28. The van der Waals surface area contributed by atoms with Crippen LogP contribution < -0.4 is 0 Å². The van der Waals surface area contributed by atoms with E-state index in [1.54, 1.807) is 0 Å². The smallest absolute Gasteiger partial charge is 0.0967 e. The highest BCUT2D eigenvalue weighted by atomic mass is 32.2. The van der Waals surface area contributed by atoms with Gasteiger partial charge in [0.1, 0.15) is 0 Å². The van der Waals surface area contributed by atoms with E-state index < -0.39 is 0 Å². The Bertz CT molecular complexity index is 786. The van der Waals surface area contributed by atoms with Gasteiger partial charge in [-0.15, -0.1) is 0 Å². The number of likely N-dealkylation sites (N-methyl/N-ethyl adjacent to an activating group) is 1. The molecule has 0 aliphatic carbocycles. The molecule has 1 aliphatic rings. The topological polar surface area (TPSA) is 0 Å². The summed E-state index contributed by atoms with van der Waals surface area (Å²) in [4.78, 5) is 2.73. The van der Waals surface area contributed by atoms with E-state index in [9.17, 15) is 0 Å². The Hall–Kier alpha value is -1.77. The average Bonchev–Trinajstić information content (AvgIpc) is 2.54. The van der Waals surface area contributed by atoms with Gasteiger partial charge in [0.25, 0.3) is 0 Å². The van der Waals surface area contributed by atoms with Crippen molar-refractivity contribution in [3.63, 3.8) is 0 Å². The third-order valence-corrected chi connectivity index (χ3v) is 5.68. The molecular formula is C22H26NS+. The minimum absolute atomic E-state index is 0.977. The van der Waals surface area contributed by atoms with Crippen LogP contribution in [-0.4, -0.2) is 31.7 Å². The number of fused-ring (bicyclic) bond motifs is 2. The summed E-state index contributed by atoms with van der Waals surface area (Å²) in [5, 5.41) is 0. The molecule has 2 heteroatoms. The molecule has 0 unspecified atom stereocenters. The summed E-state index contributed by atoms with van der Waals surface area (Å²) in [7, 11) is 4.53. The van der Waals surface area contributed by atoms with Crippen molar-refractivity contribution >= 4 is 17.3 Å². The number of rotatable bonds is 5. The van der Waals surface area contributed by atoms with Gasteiger partial charge in [0.05, 0.1) is 27.2 Å². The van der Waals surface area contributed by atoms with Gasteiger partial charge < -0.3 is 4.48 Å². The minimum Gasteiger partial charge on any atom is -0.325 e. The fourth-order valence-electron chi connectivity index (χ4n) is 3.20. The van der Waals surface area contributed by atoms with Crippen LogP contribution in [0.15, 0.2) is 71.0 Å². The van der Waals surface area contributed by atoms with Crippen LogP contribution in [0.3, 0.4) is 0 Å². The maximum absolute atomic E-state index is 3.88. The van der Waals surface area contributed by atoms with Crippen LogP contribution in [0.4, 0.5) is 0 Å². The van der Waals surface area contributed by atoms with Gasteiger partial charge in [0, 0.05) is 16.2 Å².